The van der Waals surface area contributed by atoms with Crippen LogP contribution in [0.5, 0.6) is 0 Å². The SMILES string of the molecule is CC(=O)NSc1ccc(NC(=O)c2nc(-c3ccc(N4CCN(C)CC4)cc3)cnc2N)cc1. The molecule has 1 saturated heterocycles. The van der Waals surface area contributed by atoms with Crippen LogP contribution in [0.3, 0.4) is 0 Å². The summed E-state index contributed by atoms with van der Waals surface area (Å²) in [6, 6.07) is 15.2. The van der Waals surface area contributed by atoms with E-state index in [1.165, 1.54) is 24.6 Å². The Bertz CT molecular complexity index is 1160. The molecule has 1 aromatic heterocycles. The second-order valence-corrected chi connectivity index (χ2v) is 8.94. The van der Waals surface area contributed by atoms with E-state index in [0.717, 1.165) is 36.6 Å². The molecule has 0 bridgehead atoms. The lowest BCUT2D eigenvalue weighted by atomic mass is 10.1. The minimum absolute atomic E-state index is 0.0631. The first kappa shape index (κ1) is 23.5. The number of amides is 2. The van der Waals surface area contributed by atoms with Gasteiger partial charge < -0.3 is 20.9 Å². The van der Waals surface area contributed by atoms with Gasteiger partial charge in [0.05, 0.1) is 11.9 Å². The molecule has 4 N–H and O–H groups in total. The number of hydrogen-bond acceptors (Lipinski definition) is 8. The van der Waals surface area contributed by atoms with Crippen LogP contribution in [0.15, 0.2) is 59.6 Å². The van der Waals surface area contributed by atoms with E-state index in [1.807, 2.05) is 12.1 Å². The Morgan fingerprint density at radius 1 is 1.00 bits per heavy atom. The van der Waals surface area contributed by atoms with Gasteiger partial charge in [0, 0.05) is 54.9 Å². The number of likely N-dealkylation sites (N-methyl/N-ethyl adjacent to an activating group) is 1. The molecule has 0 saturated carbocycles. The normalized spacial score (nSPS) is 14.0. The minimum Gasteiger partial charge on any atom is -0.382 e. The van der Waals surface area contributed by atoms with Gasteiger partial charge in [-0.3, -0.25) is 14.3 Å². The van der Waals surface area contributed by atoms with Crippen LogP contribution in [0.4, 0.5) is 17.2 Å². The van der Waals surface area contributed by atoms with Crippen molar-refractivity contribution in [2.75, 3.05) is 49.2 Å². The van der Waals surface area contributed by atoms with Crippen molar-refractivity contribution in [2.45, 2.75) is 11.8 Å². The maximum Gasteiger partial charge on any atom is 0.278 e. The fourth-order valence-corrected chi connectivity index (χ4v) is 4.07. The summed E-state index contributed by atoms with van der Waals surface area (Å²) in [5, 5.41) is 2.80. The van der Waals surface area contributed by atoms with Crippen molar-refractivity contribution < 1.29 is 9.59 Å². The summed E-state index contributed by atoms with van der Waals surface area (Å²) < 4.78 is 2.65. The Morgan fingerprint density at radius 3 is 2.32 bits per heavy atom. The van der Waals surface area contributed by atoms with Crippen LogP contribution < -0.4 is 20.7 Å². The van der Waals surface area contributed by atoms with E-state index in [2.05, 4.69) is 49.0 Å². The van der Waals surface area contributed by atoms with Gasteiger partial charge in [0.25, 0.3) is 5.91 Å². The van der Waals surface area contributed by atoms with Gasteiger partial charge in [0.15, 0.2) is 11.5 Å². The van der Waals surface area contributed by atoms with E-state index in [4.69, 9.17) is 5.73 Å². The molecule has 0 aliphatic carbocycles. The zero-order valence-electron chi connectivity index (χ0n) is 19.1. The molecule has 176 valence electrons. The van der Waals surface area contributed by atoms with Crippen molar-refractivity contribution in [3.05, 3.63) is 60.4 Å². The van der Waals surface area contributed by atoms with E-state index < -0.39 is 5.91 Å². The average molecular weight is 478 g/mol. The van der Waals surface area contributed by atoms with Crippen LogP contribution >= 0.6 is 11.9 Å². The molecule has 3 aromatic rings. The zero-order valence-corrected chi connectivity index (χ0v) is 19.9. The van der Waals surface area contributed by atoms with Gasteiger partial charge in [-0.2, -0.15) is 0 Å². The molecule has 1 aliphatic rings. The summed E-state index contributed by atoms with van der Waals surface area (Å²) in [6.45, 7) is 5.52. The predicted molar refractivity (Wildman–Crippen MR) is 136 cm³/mol. The number of carbonyl (C=O) groups is 2. The predicted octanol–water partition coefficient (Wildman–Crippen LogP) is 2.87. The molecule has 10 heteroatoms. The fraction of sp³-hybridized carbons (Fsp3) is 0.250. The Labute approximate surface area is 202 Å². The number of nitrogens with zero attached hydrogens (tertiary/aromatic N) is 4. The number of carbonyl (C=O) groups excluding carboxylic acids is 2. The molecule has 2 amide bonds. The van der Waals surface area contributed by atoms with E-state index in [9.17, 15) is 9.59 Å². The smallest absolute Gasteiger partial charge is 0.278 e. The molecule has 1 aliphatic heterocycles. The summed E-state index contributed by atoms with van der Waals surface area (Å²) in [4.78, 5) is 38.1. The third-order valence-corrected chi connectivity index (χ3v) is 6.37. The number of nitrogens with two attached hydrogens (primary N) is 1. The van der Waals surface area contributed by atoms with E-state index in [0.29, 0.717) is 11.4 Å². The first-order valence-corrected chi connectivity index (χ1v) is 11.7. The summed E-state index contributed by atoms with van der Waals surface area (Å²) in [5.74, 6) is -0.512. The molecule has 34 heavy (non-hydrogen) atoms. The molecule has 1 fully saturated rings. The number of aromatic nitrogens is 2. The molecular formula is C24H27N7O2S. The Morgan fingerprint density at radius 2 is 1.68 bits per heavy atom. The largest absolute Gasteiger partial charge is 0.382 e. The second-order valence-electron chi connectivity index (χ2n) is 8.07. The van der Waals surface area contributed by atoms with Gasteiger partial charge in [-0.1, -0.05) is 12.1 Å². The lowest BCUT2D eigenvalue weighted by Gasteiger charge is -2.34. The number of nitrogen functional groups attached to an aromatic ring is 1. The van der Waals surface area contributed by atoms with Crippen molar-refractivity contribution >= 4 is 41.0 Å². The van der Waals surface area contributed by atoms with Gasteiger partial charge >= 0.3 is 0 Å². The monoisotopic (exact) mass is 477 g/mol. The maximum absolute atomic E-state index is 12.8. The van der Waals surface area contributed by atoms with Crippen molar-refractivity contribution in [2.24, 2.45) is 0 Å². The first-order valence-electron chi connectivity index (χ1n) is 10.9. The summed E-state index contributed by atoms with van der Waals surface area (Å²) in [5.41, 5.74) is 9.21. The van der Waals surface area contributed by atoms with E-state index in [-0.39, 0.29) is 17.4 Å². The number of anilines is 3. The number of benzene rings is 2. The van der Waals surface area contributed by atoms with Crippen molar-refractivity contribution in [3.63, 3.8) is 0 Å². The first-order chi connectivity index (χ1) is 16.4. The second kappa shape index (κ2) is 10.5. The molecule has 0 unspecified atom stereocenters. The van der Waals surface area contributed by atoms with Gasteiger partial charge in [-0.05, 0) is 55.4 Å². The molecule has 2 heterocycles. The lowest BCUT2D eigenvalue weighted by molar-refractivity contribution is -0.117. The van der Waals surface area contributed by atoms with Crippen LogP contribution in [0.25, 0.3) is 11.3 Å². The standard InChI is InChI=1S/C24H27N7O2S/c1-16(32)29-34-20-9-5-18(6-10-20)27-24(33)22-23(25)26-15-21(28-22)17-3-7-19(8-4-17)31-13-11-30(2)12-14-31/h3-10,15H,11-14H2,1-2H3,(H2,25,26)(H,27,33)(H,29,32). The highest BCUT2D eigenvalue weighted by atomic mass is 32.2. The topological polar surface area (TPSA) is 116 Å². The quantitative estimate of drug-likeness (QED) is 0.464. The highest BCUT2D eigenvalue weighted by Gasteiger charge is 2.17. The van der Waals surface area contributed by atoms with E-state index in [1.54, 1.807) is 30.5 Å². The third kappa shape index (κ3) is 5.83. The average Bonchev–Trinajstić information content (AvgIpc) is 2.84. The van der Waals surface area contributed by atoms with E-state index >= 15 is 0 Å². The fourth-order valence-electron chi connectivity index (χ4n) is 3.54. The maximum atomic E-state index is 12.8. The molecule has 4 rings (SSSR count). The number of hydrogen-bond donors (Lipinski definition) is 3. The van der Waals surface area contributed by atoms with Crippen molar-refractivity contribution in [3.8, 4) is 11.3 Å². The lowest BCUT2D eigenvalue weighted by Crippen LogP contribution is -2.44. The van der Waals surface area contributed by atoms with Crippen LogP contribution in [0.1, 0.15) is 17.4 Å². The van der Waals surface area contributed by atoms with Gasteiger partial charge in [-0.25, -0.2) is 9.97 Å². The van der Waals surface area contributed by atoms with Crippen molar-refractivity contribution in [1.82, 2.24) is 19.6 Å². The number of piperazine rings is 1. The summed E-state index contributed by atoms with van der Waals surface area (Å²) in [6.07, 6.45) is 1.57. The number of rotatable bonds is 6. The molecule has 0 atom stereocenters. The van der Waals surface area contributed by atoms with Crippen LogP contribution in [-0.2, 0) is 4.79 Å². The molecule has 0 spiro atoms. The highest BCUT2D eigenvalue weighted by molar-refractivity contribution is 7.98. The highest BCUT2D eigenvalue weighted by Crippen LogP contribution is 2.24. The van der Waals surface area contributed by atoms with Crippen molar-refractivity contribution in [1.29, 1.82) is 0 Å². The zero-order chi connectivity index (χ0) is 24.1. The molecular weight excluding hydrogens is 450 g/mol. The van der Waals surface area contributed by atoms with Gasteiger partial charge in [0.1, 0.15) is 0 Å². The minimum atomic E-state index is -0.442. The molecule has 0 radical (unpaired) electrons. The van der Waals surface area contributed by atoms with Crippen LogP contribution in [-0.4, -0.2) is 59.9 Å². The van der Waals surface area contributed by atoms with Crippen LogP contribution in [0.2, 0.25) is 0 Å². The number of nitrogens with one attached hydrogen (secondary N) is 2. The van der Waals surface area contributed by atoms with Gasteiger partial charge in [-0.15, -0.1) is 0 Å². The van der Waals surface area contributed by atoms with Gasteiger partial charge in [0.2, 0.25) is 5.91 Å². The molecule has 2 aromatic carbocycles. The Kier molecular flexibility index (Phi) is 7.29. The molecule has 9 nitrogen and oxygen atoms in total. The Balaban J connectivity index is 1.45. The summed E-state index contributed by atoms with van der Waals surface area (Å²) in [7, 11) is 2.14. The third-order valence-electron chi connectivity index (χ3n) is 5.47. The van der Waals surface area contributed by atoms with Crippen LogP contribution in [0, 0.1) is 0 Å². The Hall–Kier alpha value is -3.63. The summed E-state index contributed by atoms with van der Waals surface area (Å²) >= 11 is 1.20.